The molecule has 5 nitrogen and oxygen atoms in total. The molecule has 0 spiro atoms. The SMILES string of the molecule is O=C(NC(NC(=O)C(c1ccccc1)c1ccccc1)c1ccc(OCc2ccccc2)cc1)C(c1ccccc1)c1ccccc1. The van der Waals surface area contributed by atoms with E-state index in [-0.39, 0.29) is 11.8 Å². The van der Waals surface area contributed by atoms with Crippen molar-refractivity contribution in [2.24, 2.45) is 0 Å². The van der Waals surface area contributed by atoms with Gasteiger partial charge in [0.05, 0.1) is 11.8 Å². The molecule has 0 bridgehead atoms. The maximum Gasteiger partial charge on any atom is 0.233 e. The summed E-state index contributed by atoms with van der Waals surface area (Å²) in [6, 6.07) is 56.2. The lowest BCUT2D eigenvalue weighted by Crippen LogP contribution is -2.44. The molecule has 232 valence electrons. The van der Waals surface area contributed by atoms with E-state index in [2.05, 4.69) is 10.6 Å². The molecule has 6 aromatic rings. The van der Waals surface area contributed by atoms with Crippen molar-refractivity contribution in [1.29, 1.82) is 0 Å². The van der Waals surface area contributed by atoms with Crippen LogP contribution in [0.2, 0.25) is 0 Å². The zero-order valence-corrected chi connectivity index (χ0v) is 25.9. The minimum Gasteiger partial charge on any atom is -0.489 e. The molecule has 0 atom stereocenters. The van der Waals surface area contributed by atoms with Gasteiger partial charge in [-0.2, -0.15) is 0 Å². The first-order valence-corrected chi connectivity index (χ1v) is 15.7. The molecule has 0 aliphatic heterocycles. The lowest BCUT2D eigenvalue weighted by Gasteiger charge is -2.27. The number of rotatable bonds is 12. The summed E-state index contributed by atoms with van der Waals surface area (Å²) in [7, 11) is 0. The molecule has 0 aliphatic rings. The molecule has 0 aliphatic carbocycles. The van der Waals surface area contributed by atoms with E-state index in [0.29, 0.717) is 12.4 Å². The summed E-state index contributed by atoms with van der Waals surface area (Å²) >= 11 is 0. The van der Waals surface area contributed by atoms with Crippen molar-refractivity contribution in [1.82, 2.24) is 10.6 Å². The number of ether oxygens (including phenoxy) is 1. The van der Waals surface area contributed by atoms with Crippen LogP contribution < -0.4 is 15.4 Å². The number of hydrogen-bond acceptors (Lipinski definition) is 3. The lowest BCUT2D eigenvalue weighted by molar-refractivity contribution is -0.125. The van der Waals surface area contributed by atoms with Crippen LogP contribution in [0.4, 0.5) is 0 Å². The fourth-order valence-corrected chi connectivity index (χ4v) is 5.72. The van der Waals surface area contributed by atoms with Crippen LogP contribution in [0.15, 0.2) is 176 Å². The quantitative estimate of drug-likeness (QED) is 0.136. The zero-order chi connectivity index (χ0) is 32.3. The topological polar surface area (TPSA) is 67.4 Å². The van der Waals surface area contributed by atoms with Gasteiger partial charge in [-0.15, -0.1) is 0 Å². The molecule has 2 amide bonds. The second-order valence-corrected chi connectivity index (χ2v) is 11.3. The third-order valence-corrected chi connectivity index (χ3v) is 8.09. The molecule has 0 saturated carbocycles. The predicted octanol–water partition coefficient (Wildman–Crippen LogP) is 8.16. The van der Waals surface area contributed by atoms with Crippen molar-refractivity contribution in [2.45, 2.75) is 24.6 Å². The monoisotopic (exact) mass is 616 g/mol. The van der Waals surface area contributed by atoms with E-state index in [1.54, 1.807) is 0 Å². The first kappa shape index (κ1) is 31.1. The van der Waals surface area contributed by atoms with E-state index in [1.165, 1.54) is 0 Å². The van der Waals surface area contributed by atoms with Crippen molar-refractivity contribution >= 4 is 11.8 Å². The lowest BCUT2D eigenvalue weighted by atomic mass is 9.89. The van der Waals surface area contributed by atoms with E-state index in [1.807, 2.05) is 176 Å². The first-order valence-electron chi connectivity index (χ1n) is 15.7. The molecule has 47 heavy (non-hydrogen) atoms. The van der Waals surface area contributed by atoms with Gasteiger partial charge >= 0.3 is 0 Å². The maximum atomic E-state index is 14.3. The van der Waals surface area contributed by atoms with Crippen LogP contribution >= 0.6 is 0 Å². The van der Waals surface area contributed by atoms with Crippen LogP contribution in [0, 0.1) is 0 Å². The zero-order valence-electron chi connectivity index (χ0n) is 25.9. The Balaban J connectivity index is 1.31. The summed E-state index contributed by atoms with van der Waals surface area (Å²) in [6.45, 7) is 0.433. The Morgan fingerprint density at radius 2 is 0.766 bits per heavy atom. The summed E-state index contributed by atoms with van der Waals surface area (Å²) in [4.78, 5) is 28.5. The number of benzene rings is 6. The third kappa shape index (κ3) is 8.02. The Hall–Kier alpha value is -5.94. The van der Waals surface area contributed by atoms with Gasteiger partial charge < -0.3 is 15.4 Å². The van der Waals surface area contributed by atoms with E-state index < -0.39 is 18.0 Å². The van der Waals surface area contributed by atoms with Crippen molar-refractivity contribution in [3.8, 4) is 5.75 Å². The van der Waals surface area contributed by atoms with Crippen LogP contribution in [0.1, 0.15) is 51.4 Å². The van der Waals surface area contributed by atoms with Crippen LogP contribution in [-0.2, 0) is 16.2 Å². The molecule has 6 aromatic carbocycles. The highest BCUT2D eigenvalue weighted by molar-refractivity contribution is 5.90. The molecular weight excluding hydrogens is 580 g/mol. The van der Waals surface area contributed by atoms with Crippen LogP contribution in [0.25, 0.3) is 0 Å². The minimum absolute atomic E-state index is 0.229. The number of nitrogens with one attached hydrogen (secondary N) is 2. The van der Waals surface area contributed by atoms with Gasteiger partial charge in [-0.3, -0.25) is 9.59 Å². The van der Waals surface area contributed by atoms with E-state index in [9.17, 15) is 9.59 Å². The molecule has 6 rings (SSSR count). The van der Waals surface area contributed by atoms with Gasteiger partial charge in [-0.05, 0) is 45.5 Å². The number of hydrogen-bond donors (Lipinski definition) is 2. The normalized spacial score (nSPS) is 11.0. The highest BCUT2D eigenvalue weighted by Gasteiger charge is 2.29. The van der Waals surface area contributed by atoms with Gasteiger partial charge in [0, 0.05) is 0 Å². The number of carbonyl (C=O) groups is 2. The molecule has 2 N–H and O–H groups in total. The van der Waals surface area contributed by atoms with Crippen molar-refractivity contribution < 1.29 is 14.3 Å². The standard InChI is InChI=1S/C42H36N2O3/c45-41(38(32-18-8-2-9-19-32)33-20-10-3-11-21-33)43-40(36-26-28-37(29-27-36)47-30-31-16-6-1-7-17-31)44-42(46)39(34-22-12-4-13-23-34)35-24-14-5-15-25-35/h1-29,38-40H,30H2,(H,43,45)(H,44,46). The first-order chi connectivity index (χ1) is 23.2. The number of amides is 2. The summed E-state index contributed by atoms with van der Waals surface area (Å²) in [5, 5.41) is 6.37. The fraction of sp³-hybridized carbons (Fsp3) is 0.0952. The Bertz CT molecular complexity index is 1670. The van der Waals surface area contributed by atoms with Crippen LogP contribution in [0.5, 0.6) is 5.75 Å². The van der Waals surface area contributed by atoms with Gasteiger partial charge in [0.1, 0.15) is 18.5 Å². The number of carbonyl (C=O) groups excluding carboxylic acids is 2. The van der Waals surface area contributed by atoms with E-state index in [4.69, 9.17) is 4.74 Å². The average Bonchev–Trinajstić information content (AvgIpc) is 3.13. The molecule has 0 radical (unpaired) electrons. The Kier molecular flexibility index (Phi) is 10.2. The summed E-state index contributed by atoms with van der Waals surface area (Å²) in [5.74, 6) is -0.929. The highest BCUT2D eigenvalue weighted by Crippen LogP contribution is 2.29. The van der Waals surface area contributed by atoms with Gasteiger partial charge in [0.15, 0.2) is 0 Å². The van der Waals surface area contributed by atoms with E-state index >= 15 is 0 Å². The average molecular weight is 617 g/mol. The smallest absolute Gasteiger partial charge is 0.233 e. The molecule has 5 heteroatoms. The molecule has 0 unspecified atom stereocenters. The van der Waals surface area contributed by atoms with E-state index in [0.717, 1.165) is 33.4 Å². The molecule has 0 saturated heterocycles. The molecular formula is C42H36N2O3. The Labute approximate surface area is 275 Å². The third-order valence-electron chi connectivity index (χ3n) is 8.09. The molecule has 0 aromatic heterocycles. The summed E-state index contributed by atoms with van der Waals surface area (Å²) < 4.78 is 6.02. The van der Waals surface area contributed by atoms with Crippen LogP contribution in [0.3, 0.4) is 0 Å². The van der Waals surface area contributed by atoms with Crippen molar-refractivity contribution in [3.05, 3.63) is 209 Å². The summed E-state index contributed by atoms with van der Waals surface area (Å²) in [6.07, 6.45) is -0.817. The summed E-state index contributed by atoms with van der Waals surface area (Å²) in [5.41, 5.74) is 5.22. The second kappa shape index (κ2) is 15.4. The largest absolute Gasteiger partial charge is 0.489 e. The van der Waals surface area contributed by atoms with Gasteiger partial charge in [0.2, 0.25) is 11.8 Å². The fourth-order valence-electron chi connectivity index (χ4n) is 5.72. The van der Waals surface area contributed by atoms with Gasteiger partial charge in [0.25, 0.3) is 0 Å². The van der Waals surface area contributed by atoms with Gasteiger partial charge in [-0.25, -0.2) is 0 Å². The molecule has 0 heterocycles. The highest BCUT2D eigenvalue weighted by atomic mass is 16.5. The van der Waals surface area contributed by atoms with Crippen molar-refractivity contribution in [3.63, 3.8) is 0 Å². The van der Waals surface area contributed by atoms with Crippen molar-refractivity contribution in [2.75, 3.05) is 0 Å². The van der Waals surface area contributed by atoms with Crippen LogP contribution in [-0.4, -0.2) is 11.8 Å². The Morgan fingerprint density at radius 3 is 1.13 bits per heavy atom. The van der Waals surface area contributed by atoms with Gasteiger partial charge in [-0.1, -0.05) is 164 Å². The Morgan fingerprint density at radius 1 is 0.426 bits per heavy atom. The predicted molar refractivity (Wildman–Crippen MR) is 186 cm³/mol. The second-order valence-electron chi connectivity index (χ2n) is 11.3. The maximum absolute atomic E-state index is 14.3. The minimum atomic E-state index is -0.817. The molecule has 0 fully saturated rings.